The van der Waals surface area contributed by atoms with Gasteiger partial charge < -0.3 is 20.3 Å². The van der Waals surface area contributed by atoms with Crippen LogP contribution in [-0.4, -0.2) is 52.5 Å². The van der Waals surface area contributed by atoms with E-state index in [1.807, 2.05) is 31.2 Å². The lowest BCUT2D eigenvalue weighted by Crippen LogP contribution is -2.36. The first-order valence-electron chi connectivity index (χ1n) is 7.86. The van der Waals surface area contributed by atoms with Gasteiger partial charge in [0, 0.05) is 31.5 Å². The molecule has 2 N–H and O–H groups in total. The Morgan fingerprint density at radius 1 is 1.33 bits per heavy atom. The van der Waals surface area contributed by atoms with Crippen LogP contribution in [0.5, 0.6) is 0 Å². The molecule has 9 nitrogen and oxygen atoms in total. The van der Waals surface area contributed by atoms with Crippen LogP contribution in [0.1, 0.15) is 18.8 Å². The van der Waals surface area contributed by atoms with Crippen LogP contribution in [0.2, 0.25) is 0 Å². The van der Waals surface area contributed by atoms with Gasteiger partial charge in [0.2, 0.25) is 0 Å². The van der Waals surface area contributed by atoms with E-state index >= 15 is 0 Å². The molecule has 1 aromatic heterocycles. The Labute approximate surface area is 140 Å². The summed E-state index contributed by atoms with van der Waals surface area (Å²) in [7, 11) is 1.73. The van der Waals surface area contributed by atoms with E-state index in [0.29, 0.717) is 5.82 Å². The maximum Gasteiger partial charge on any atom is 0.319 e. The van der Waals surface area contributed by atoms with Crippen LogP contribution in [0.25, 0.3) is 0 Å². The van der Waals surface area contributed by atoms with Gasteiger partial charge in [0.15, 0.2) is 5.82 Å². The Kier molecular flexibility index (Phi) is 4.90. The molecule has 2 aromatic rings. The largest absolute Gasteiger partial charge is 0.378 e. The maximum atomic E-state index is 12.2. The summed E-state index contributed by atoms with van der Waals surface area (Å²) in [6, 6.07) is 7.17. The Hall–Kier alpha value is -2.68. The number of nitrogens with one attached hydrogen (secondary N) is 2. The summed E-state index contributed by atoms with van der Waals surface area (Å²) in [4.78, 5) is 14.4. The summed E-state index contributed by atoms with van der Waals surface area (Å²) in [6.07, 6.45) is 0. The van der Waals surface area contributed by atoms with Crippen molar-refractivity contribution in [3.05, 3.63) is 30.1 Å². The summed E-state index contributed by atoms with van der Waals surface area (Å²) in [5.74, 6) is 0.590. The van der Waals surface area contributed by atoms with Gasteiger partial charge in [-0.1, -0.05) is 6.07 Å². The van der Waals surface area contributed by atoms with Crippen molar-refractivity contribution in [2.45, 2.75) is 13.0 Å². The number of morpholine rings is 1. The lowest BCUT2D eigenvalue weighted by molar-refractivity contribution is 0.122. The molecule has 0 spiro atoms. The predicted molar refractivity (Wildman–Crippen MR) is 88.8 cm³/mol. The van der Waals surface area contributed by atoms with Gasteiger partial charge in [0.1, 0.15) is 0 Å². The number of ether oxygens (including phenoxy) is 1. The van der Waals surface area contributed by atoms with Gasteiger partial charge in [0.25, 0.3) is 0 Å². The van der Waals surface area contributed by atoms with Crippen LogP contribution in [0.4, 0.5) is 16.2 Å². The molecule has 3 rings (SSSR count). The molecule has 1 aliphatic heterocycles. The number of aryl methyl sites for hydroxylation is 1. The molecule has 0 unspecified atom stereocenters. The third-order valence-corrected chi connectivity index (χ3v) is 3.87. The number of hydrogen-bond acceptors (Lipinski definition) is 6. The van der Waals surface area contributed by atoms with Gasteiger partial charge in [-0.3, -0.25) is 0 Å². The van der Waals surface area contributed by atoms with E-state index in [2.05, 4.69) is 31.1 Å². The predicted octanol–water partition coefficient (Wildman–Crippen LogP) is 0.929. The van der Waals surface area contributed by atoms with Crippen LogP contribution in [-0.2, 0) is 11.8 Å². The van der Waals surface area contributed by atoms with Crippen molar-refractivity contribution in [3.63, 3.8) is 0 Å². The fourth-order valence-electron chi connectivity index (χ4n) is 2.63. The SMILES string of the molecule is C[C@H](NC(=O)Nc1cccc(N2CCOCC2)c1)c1nnnn1C. The normalized spacial score (nSPS) is 15.8. The van der Waals surface area contributed by atoms with Crippen molar-refractivity contribution < 1.29 is 9.53 Å². The van der Waals surface area contributed by atoms with Crippen LogP contribution in [0.3, 0.4) is 0 Å². The van der Waals surface area contributed by atoms with Crippen LogP contribution >= 0.6 is 0 Å². The molecule has 0 aliphatic carbocycles. The van der Waals surface area contributed by atoms with Gasteiger partial charge in [-0.2, -0.15) is 0 Å². The minimum atomic E-state index is -0.301. The molecule has 9 heteroatoms. The Bertz CT molecular complexity index is 697. The number of tetrazole rings is 1. The number of benzene rings is 1. The van der Waals surface area contributed by atoms with Gasteiger partial charge >= 0.3 is 6.03 Å². The number of anilines is 2. The summed E-state index contributed by atoms with van der Waals surface area (Å²) in [5, 5.41) is 16.9. The summed E-state index contributed by atoms with van der Waals surface area (Å²) in [5.41, 5.74) is 1.81. The van der Waals surface area contributed by atoms with Gasteiger partial charge in [-0.15, -0.1) is 5.10 Å². The third-order valence-electron chi connectivity index (χ3n) is 3.87. The number of carbonyl (C=O) groups is 1. The fraction of sp³-hybridized carbons (Fsp3) is 0.467. The van der Waals surface area contributed by atoms with Gasteiger partial charge in [0.05, 0.1) is 19.3 Å². The second-order valence-electron chi connectivity index (χ2n) is 5.63. The molecule has 2 amide bonds. The average Bonchev–Trinajstić information content (AvgIpc) is 3.02. The Balaban J connectivity index is 1.61. The first kappa shape index (κ1) is 16.2. The Morgan fingerprint density at radius 2 is 2.12 bits per heavy atom. The van der Waals surface area contributed by atoms with Crippen LogP contribution in [0.15, 0.2) is 24.3 Å². The number of nitrogens with zero attached hydrogens (tertiary/aromatic N) is 5. The molecule has 0 saturated carbocycles. The van der Waals surface area contributed by atoms with E-state index in [9.17, 15) is 4.79 Å². The molecule has 0 bridgehead atoms. The highest BCUT2D eigenvalue weighted by atomic mass is 16.5. The van der Waals surface area contributed by atoms with E-state index in [4.69, 9.17) is 4.74 Å². The van der Waals surface area contributed by atoms with Crippen LogP contribution < -0.4 is 15.5 Å². The van der Waals surface area contributed by atoms with Crippen molar-refractivity contribution in [2.75, 3.05) is 36.5 Å². The molecular weight excluding hydrogens is 310 g/mol. The highest BCUT2D eigenvalue weighted by molar-refractivity contribution is 5.90. The molecule has 1 aromatic carbocycles. The van der Waals surface area contributed by atoms with Crippen molar-refractivity contribution in [1.82, 2.24) is 25.5 Å². The van der Waals surface area contributed by atoms with E-state index in [0.717, 1.165) is 37.7 Å². The molecule has 0 radical (unpaired) electrons. The lowest BCUT2D eigenvalue weighted by Gasteiger charge is -2.29. The summed E-state index contributed by atoms with van der Waals surface area (Å²) < 4.78 is 6.90. The van der Waals surface area contributed by atoms with E-state index in [1.165, 1.54) is 4.68 Å². The van der Waals surface area contributed by atoms with Crippen molar-refractivity contribution >= 4 is 17.4 Å². The molecule has 2 heterocycles. The first-order chi connectivity index (χ1) is 11.6. The number of aromatic nitrogens is 4. The second-order valence-corrected chi connectivity index (χ2v) is 5.63. The molecule has 1 aliphatic rings. The molecule has 1 saturated heterocycles. The minimum absolute atomic E-state index is 0.299. The summed E-state index contributed by atoms with van der Waals surface area (Å²) in [6.45, 7) is 4.98. The van der Waals surface area contributed by atoms with Crippen LogP contribution in [0, 0.1) is 0 Å². The number of amides is 2. The number of carbonyl (C=O) groups excluding carboxylic acids is 1. The monoisotopic (exact) mass is 331 g/mol. The molecular formula is C15H21N7O2. The van der Waals surface area contributed by atoms with E-state index in [-0.39, 0.29) is 12.1 Å². The topological polar surface area (TPSA) is 97.2 Å². The zero-order valence-electron chi connectivity index (χ0n) is 13.8. The maximum absolute atomic E-state index is 12.2. The zero-order chi connectivity index (χ0) is 16.9. The van der Waals surface area contributed by atoms with Gasteiger partial charge in [-0.05, 0) is 35.5 Å². The number of urea groups is 1. The van der Waals surface area contributed by atoms with Gasteiger partial charge in [-0.25, -0.2) is 9.48 Å². The zero-order valence-corrected chi connectivity index (χ0v) is 13.8. The molecule has 24 heavy (non-hydrogen) atoms. The fourth-order valence-corrected chi connectivity index (χ4v) is 2.63. The third kappa shape index (κ3) is 3.80. The van der Waals surface area contributed by atoms with E-state index in [1.54, 1.807) is 7.05 Å². The van der Waals surface area contributed by atoms with Crippen molar-refractivity contribution in [2.24, 2.45) is 7.05 Å². The Morgan fingerprint density at radius 3 is 2.83 bits per heavy atom. The highest BCUT2D eigenvalue weighted by Crippen LogP contribution is 2.20. The molecule has 128 valence electrons. The minimum Gasteiger partial charge on any atom is -0.378 e. The molecule has 1 fully saturated rings. The summed E-state index contributed by atoms with van der Waals surface area (Å²) >= 11 is 0. The van der Waals surface area contributed by atoms with Crippen molar-refractivity contribution in [3.8, 4) is 0 Å². The number of rotatable bonds is 4. The first-order valence-corrected chi connectivity index (χ1v) is 7.86. The number of hydrogen-bond donors (Lipinski definition) is 2. The second kappa shape index (κ2) is 7.26. The standard InChI is InChI=1S/C15H21N7O2/c1-11(14-18-19-20-21(14)2)16-15(23)17-12-4-3-5-13(10-12)22-6-8-24-9-7-22/h3-5,10-11H,6-9H2,1-2H3,(H2,16,17,23)/t11-/m0/s1. The van der Waals surface area contributed by atoms with E-state index < -0.39 is 0 Å². The average molecular weight is 331 g/mol. The smallest absolute Gasteiger partial charge is 0.319 e. The quantitative estimate of drug-likeness (QED) is 0.865. The van der Waals surface area contributed by atoms with Crippen molar-refractivity contribution in [1.29, 1.82) is 0 Å². The highest BCUT2D eigenvalue weighted by Gasteiger charge is 2.16. The molecule has 1 atom stereocenters. The lowest BCUT2D eigenvalue weighted by atomic mass is 10.2.